The maximum atomic E-state index is 13.4. The molecule has 3 aromatic carbocycles. The largest absolute Gasteiger partial charge is 0.324 e. The number of amides is 1. The molecule has 0 saturated carbocycles. The van der Waals surface area contributed by atoms with E-state index in [1.165, 1.54) is 12.1 Å². The van der Waals surface area contributed by atoms with Gasteiger partial charge in [0.15, 0.2) is 0 Å². The van der Waals surface area contributed by atoms with Gasteiger partial charge in [0.25, 0.3) is 10.0 Å². The molecule has 0 spiro atoms. The number of hydrogen-bond donors (Lipinski definition) is 1. The molecule has 3 rings (SSSR count). The highest BCUT2D eigenvalue weighted by Gasteiger charge is 2.28. The number of aryl methyl sites for hydroxylation is 1. The molecule has 0 aliphatic heterocycles. The third-order valence-electron chi connectivity index (χ3n) is 4.59. The number of hydrogen-bond acceptors (Lipinski definition) is 3. The van der Waals surface area contributed by atoms with E-state index in [0.717, 1.165) is 13.4 Å². The Kier molecular flexibility index (Phi) is 7.05. The zero-order valence-electron chi connectivity index (χ0n) is 16.4. The molecule has 1 amide bonds. The third kappa shape index (κ3) is 4.96. The fraction of sp³-hybridized carbons (Fsp3) is 0.136. The Balaban J connectivity index is 1.99. The van der Waals surface area contributed by atoms with Gasteiger partial charge in [-0.1, -0.05) is 35.9 Å². The molecule has 0 bridgehead atoms. The van der Waals surface area contributed by atoms with Gasteiger partial charge in [-0.25, -0.2) is 8.42 Å². The van der Waals surface area contributed by atoms with E-state index in [2.05, 4.69) is 27.9 Å². The summed E-state index contributed by atoms with van der Waals surface area (Å²) in [5.41, 5.74) is 2.48. The van der Waals surface area contributed by atoms with Crippen LogP contribution in [0.1, 0.15) is 11.1 Å². The molecule has 0 aromatic heterocycles. The second-order valence-electron chi connectivity index (χ2n) is 6.72. The van der Waals surface area contributed by atoms with Crippen molar-refractivity contribution < 1.29 is 13.2 Å². The molecular weight excluding hydrogens is 535 g/mol. The van der Waals surface area contributed by atoms with E-state index in [4.69, 9.17) is 11.6 Å². The lowest BCUT2D eigenvalue weighted by Gasteiger charge is -2.26. The number of carbonyl (C=O) groups excluding carboxylic acids is 1. The Morgan fingerprint density at radius 3 is 2.40 bits per heavy atom. The maximum Gasteiger partial charge on any atom is 0.264 e. The minimum Gasteiger partial charge on any atom is -0.324 e. The number of carbonyl (C=O) groups is 1. The lowest BCUT2D eigenvalue weighted by molar-refractivity contribution is -0.114. The molecule has 0 fully saturated rings. The summed E-state index contributed by atoms with van der Waals surface area (Å²) in [4.78, 5) is 13.0. The van der Waals surface area contributed by atoms with Gasteiger partial charge in [0.2, 0.25) is 5.91 Å². The van der Waals surface area contributed by atoms with Gasteiger partial charge >= 0.3 is 0 Å². The van der Waals surface area contributed by atoms with Crippen molar-refractivity contribution in [1.82, 2.24) is 0 Å². The summed E-state index contributed by atoms with van der Waals surface area (Å²) in [6, 6.07) is 18.6. The van der Waals surface area contributed by atoms with Crippen molar-refractivity contribution >= 4 is 61.5 Å². The van der Waals surface area contributed by atoms with Crippen molar-refractivity contribution in [3.05, 3.63) is 86.4 Å². The van der Waals surface area contributed by atoms with Crippen LogP contribution in [0.3, 0.4) is 0 Å². The number of nitrogens with one attached hydrogen (secondary N) is 1. The van der Waals surface area contributed by atoms with Gasteiger partial charge in [-0.15, -0.1) is 0 Å². The third-order valence-corrected chi connectivity index (χ3v) is 7.44. The van der Waals surface area contributed by atoms with Gasteiger partial charge in [-0.05, 0) is 90.0 Å². The average molecular weight is 555 g/mol. The van der Waals surface area contributed by atoms with Crippen LogP contribution in [0.5, 0.6) is 0 Å². The topological polar surface area (TPSA) is 66.5 Å². The monoisotopic (exact) mass is 554 g/mol. The fourth-order valence-corrected chi connectivity index (χ4v) is 5.29. The molecule has 0 saturated heterocycles. The van der Waals surface area contributed by atoms with Crippen LogP contribution in [0.2, 0.25) is 5.02 Å². The summed E-state index contributed by atoms with van der Waals surface area (Å²) in [7, 11) is -3.98. The van der Waals surface area contributed by atoms with Crippen molar-refractivity contribution in [2.24, 2.45) is 0 Å². The number of anilines is 2. The van der Waals surface area contributed by atoms with Gasteiger partial charge in [-0.2, -0.15) is 0 Å². The van der Waals surface area contributed by atoms with Crippen molar-refractivity contribution in [3.8, 4) is 0 Å². The zero-order valence-corrected chi connectivity index (χ0v) is 20.1. The Hall–Kier alpha value is -2.10. The predicted molar refractivity (Wildman–Crippen MR) is 130 cm³/mol. The first-order valence-corrected chi connectivity index (χ1v) is 12.0. The summed E-state index contributed by atoms with van der Waals surface area (Å²) < 4.78 is 28.9. The van der Waals surface area contributed by atoms with E-state index in [-0.39, 0.29) is 11.4 Å². The van der Waals surface area contributed by atoms with E-state index >= 15 is 0 Å². The lowest BCUT2D eigenvalue weighted by atomic mass is 10.2. The minimum absolute atomic E-state index is 0.0996. The van der Waals surface area contributed by atoms with Crippen LogP contribution in [0.25, 0.3) is 0 Å². The molecule has 8 heteroatoms. The van der Waals surface area contributed by atoms with E-state index < -0.39 is 15.9 Å². The highest BCUT2D eigenvalue weighted by atomic mass is 127. The lowest BCUT2D eigenvalue weighted by Crippen LogP contribution is -2.38. The van der Waals surface area contributed by atoms with Crippen molar-refractivity contribution in [1.29, 1.82) is 0 Å². The van der Waals surface area contributed by atoms with Crippen LogP contribution >= 0.6 is 34.2 Å². The summed E-state index contributed by atoms with van der Waals surface area (Å²) in [5.74, 6) is -0.446. The number of halogens is 2. The highest BCUT2D eigenvalue weighted by Crippen LogP contribution is 2.31. The van der Waals surface area contributed by atoms with Crippen molar-refractivity contribution in [3.63, 3.8) is 0 Å². The first-order valence-electron chi connectivity index (χ1n) is 9.09. The van der Waals surface area contributed by atoms with Crippen molar-refractivity contribution in [2.75, 3.05) is 16.2 Å². The zero-order chi connectivity index (χ0) is 21.9. The summed E-state index contributed by atoms with van der Waals surface area (Å²) >= 11 is 8.43. The number of rotatable bonds is 6. The molecule has 5 nitrogen and oxygen atoms in total. The molecule has 0 atom stereocenters. The van der Waals surface area contributed by atoms with Crippen LogP contribution in [0.15, 0.2) is 71.6 Å². The molecule has 0 unspecified atom stereocenters. The summed E-state index contributed by atoms with van der Waals surface area (Å²) in [5, 5.41) is 3.24. The first-order chi connectivity index (χ1) is 14.2. The molecule has 1 N–H and O–H groups in total. The van der Waals surface area contributed by atoms with Gasteiger partial charge in [0.1, 0.15) is 6.54 Å². The fourth-order valence-electron chi connectivity index (χ4n) is 2.97. The van der Waals surface area contributed by atoms with Gasteiger partial charge in [0.05, 0.1) is 10.6 Å². The SMILES string of the molecule is Cc1cc(I)ccc1NC(=O)CN(c1cccc(Cl)c1C)S(=O)(=O)c1ccccc1. The maximum absolute atomic E-state index is 13.4. The van der Waals surface area contributed by atoms with E-state index in [9.17, 15) is 13.2 Å². The van der Waals surface area contributed by atoms with Crippen LogP contribution in [0.4, 0.5) is 11.4 Å². The molecule has 30 heavy (non-hydrogen) atoms. The standard InChI is InChI=1S/C22H20ClIN2O3S/c1-15-13-17(24)11-12-20(15)25-22(27)14-26(21-10-6-9-19(23)16(21)2)30(28,29)18-7-4-3-5-8-18/h3-13H,14H2,1-2H3,(H,25,27). The van der Waals surface area contributed by atoms with E-state index in [0.29, 0.717) is 22.0 Å². The van der Waals surface area contributed by atoms with Crippen LogP contribution in [-0.4, -0.2) is 20.9 Å². The molecule has 0 aliphatic carbocycles. The number of nitrogens with zero attached hydrogens (tertiary/aromatic N) is 1. The Morgan fingerprint density at radius 2 is 1.73 bits per heavy atom. The molecule has 0 aliphatic rings. The van der Waals surface area contributed by atoms with E-state index in [1.54, 1.807) is 49.4 Å². The smallest absolute Gasteiger partial charge is 0.264 e. The Morgan fingerprint density at radius 1 is 1.03 bits per heavy atom. The Labute approximate surface area is 195 Å². The van der Waals surface area contributed by atoms with Crippen LogP contribution in [0, 0.1) is 17.4 Å². The Bertz CT molecular complexity index is 1180. The predicted octanol–water partition coefficient (Wildman–Crippen LogP) is 5.40. The summed E-state index contributed by atoms with van der Waals surface area (Å²) in [6.07, 6.45) is 0. The second kappa shape index (κ2) is 9.36. The minimum atomic E-state index is -3.98. The normalized spacial score (nSPS) is 11.2. The molecule has 0 heterocycles. The number of sulfonamides is 1. The number of benzene rings is 3. The first kappa shape index (κ1) is 22.6. The highest BCUT2D eigenvalue weighted by molar-refractivity contribution is 14.1. The van der Waals surface area contributed by atoms with Crippen molar-refractivity contribution in [2.45, 2.75) is 18.7 Å². The second-order valence-corrected chi connectivity index (χ2v) is 10.2. The summed E-state index contributed by atoms with van der Waals surface area (Å²) in [6.45, 7) is 3.23. The average Bonchev–Trinajstić information content (AvgIpc) is 2.71. The van der Waals surface area contributed by atoms with Gasteiger partial charge < -0.3 is 5.32 Å². The van der Waals surface area contributed by atoms with Gasteiger partial charge in [0, 0.05) is 14.3 Å². The molecule has 156 valence electrons. The molecule has 3 aromatic rings. The molecule has 0 radical (unpaired) electrons. The van der Waals surface area contributed by atoms with E-state index in [1.807, 2.05) is 19.1 Å². The molecular formula is C22H20ClIN2O3S. The van der Waals surface area contributed by atoms with Gasteiger partial charge in [-0.3, -0.25) is 9.10 Å². The van der Waals surface area contributed by atoms with Crippen LogP contribution < -0.4 is 9.62 Å². The van der Waals surface area contributed by atoms with Crippen LogP contribution in [-0.2, 0) is 14.8 Å². The quantitative estimate of drug-likeness (QED) is 0.415.